The Morgan fingerprint density at radius 2 is 1.66 bits per heavy atom. The lowest BCUT2D eigenvalue weighted by Crippen LogP contribution is -2.55. The van der Waals surface area contributed by atoms with E-state index in [4.69, 9.17) is 4.74 Å². The molecular weight excluding hydrogens is 364 g/mol. The van der Waals surface area contributed by atoms with E-state index in [0.29, 0.717) is 12.8 Å². The van der Waals surface area contributed by atoms with Gasteiger partial charge in [-0.2, -0.15) is 0 Å². The van der Waals surface area contributed by atoms with Crippen molar-refractivity contribution in [3.63, 3.8) is 0 Å². The van der Waals surface area contributed by atoms with Crippen LogP contribution in [0.4, 0.5) is 0 Å². The SMILES string of the molecule is O=C(Cc1ccccc1)N[C@@H]1C[C@@H](Oc2ccccc2)[C@H](O)[C@H]1N1CCCCC1. The van der Waals surface area contributed by atoms with E-state index in [0.717, 1.165) is 37.2 Å². The number of piperidine rings is 1. The molecule has 5 nitrogen and oxygen atoms in total. The standard InChI is InChI=1S/C24H30N2O3/c27-22(16-18-10-4-1-5-11-18)25-20-17-21(29-19-12-6-2-7-13-19)24(28)23(20)26-14-8-3-9-15-26/h1-2,4-7,10-13,20-21,23-24,28H,3,8-9,14-17H2,(H,25,27)/t20-,21-,23+,24+/m1/s1. The molecule has 1 aliphatic heterocycles. The molecule has 1 saturated carbocycles. The Kier molecular flexibility index (Phi) is 6.47. The first-order valence-electron chi connectivity index (χ1n) is 10.7. The van der Waals surface area contributed by atoms with E-state index in [-0.39, 0.29) is 24.1 Å². The molecule has 29 heavy (non-hydrogen) atoms. The van der Waals surface area contributed by atoms with E-state index in [1.54, 1.807) is 0 Å². The first kappa shape index (κ1) is 19.9. The Bertz CT molecular complexity index is 777. The minimum absolute atomic E-state index is 0.00392. The van der Waals surface area contributed by atoms with Crippen molar-refractivity contribution in [2.75, 3.05) is 13.1 Å². The zero-order chi connectivity index (χ0) is 20.1. The maximum absolute atomic E-state index is 12.7. The van der Waals surface area contributed by atoms with Crippen LogP contribution >= 0.6 is 0 Å². The van der Waals surface area contributed by atoms with E-state index >= 15 is 0 Å². The number of amides is 1. The van der Waals surface area contributed by atoms with Crippen LogP contribution in [0.5, 0.6) is 5.75 Å². The van der Waals surface area contributed by atoms with Crippen molar-refractivity contribution in [2.45, 2.75) is 56.4 Å². The van der Waals surface area contributed by atoms with Gasteiger partial charge in [0.05, 0.1) is 18.5 Å². The first-order chi connectivity index (χ1) is 14.2. The van der Waals surface area contributed by atoms with Crippen LogP contribution in [0.25, 0.3) is 0 Å². The zero-order valence-electron chi connectivity index (χ0n) is 16.7. The highest BCUT2D eigenvalue weighted by atomic mass is 16.5. The molecule has 0 bridgehead atoms. The maximum atomic E-state index is 12.7. The van der Waals surface area contributed by atoms with Crippen molar-refractivity contribution in [2.24, 2.45) is 0 Å². The third-order valence-corrected chi connectivity index (χ3v) is 6.03. The molecule has 0 aromatic heterocycles. The fourth-order valence-electron chi connectivity index (χ4n) is 4.65. The quantitative estimate of drug-likeness (QED) is 0.791. The molecule has 1 saturated heterocycles. The van der Waals surface area contributed by atoms with Gasteiger partial charge in [0.25, 0.3) is 0 Å². The van der Waals surface area contributed by atoms with Gasteiger partial charge < -0.3 is 15.2 Å². The zero-order valence-corrected chi connectivity index (χ0v) is 16.7. The summed E-state index contributed by atoms with van der Waals surface area (Å²) < 4.78 is 6.11. The Balaban J connectivity index is 1.46. The van der Waals surface area contributed by atoms with Crippen LogP contribution in [0.2, 0.25) is 0 Å². The summed E-state index contributed by atoms with van der Waals surface area (Å²) in [6, 6.07) is 19.2. The van der Waals surface area contributed by atoms with E-state index < -0.39 is 6.10 Å². The second-order valence-electron chi connectivity index (χ2n) is 8.12. The predicted molar refractivity (Wildman–Crippen MR) is 113 cm³/mol. The number of aliphatic hydroxyl groups is 1. The number of para-hydroxylation sites is 1. The summed E-state index contributed by atoms with van der Waals surface area (Å²) in [4.78, 5) is 15.1. The maximum Gasteiger partial charge on any atom is 0.224 e. The molecule has 1 amide bonds. The van der Waals surface area contributed by atoms with Crippen molar-refractivity contribution in [3.8, 4) is 5.75 Å². The van der Waals surface area contributed by atoms with Crippen molar-refractivity contribution >= 4 is 5.91 Å². The molecule has 0 radical (unpaired) electrons. The van der Waals surface area contributed by atoms with E-state index in [1.807, 2.05) is 60.7 Å². The first-order valence-corrected chi connectivity index (χ1v) is 10.7. The average molecular weight is 395 g/mol. The summed E-state index contributed by atoms with van der Waals surface area (Å²) in [5, 5.41) is 14.3. The lowest BCUT2D eigenvalue weighted by atomic mass is 10.0. The predicted octanol–water partition coefficient (Wildman–Crippen LogP) is 2.78. The highest BCUT2D eigenvalue weighted by Crippen LogP contribution is 2.31. The summed E-state index contributed by atoms with van der Waals surface area (Å²) >= 11 is 0. The van der Waals surface area contributed by atoms with Crippen LogP contribution < -0.4 is 10.1 Å². The molecule has 1 aliphatic carbocycles. The van der Waals surface area contributed by atoms with Gasteiger partial charge in [-0.25, -0.2) is 0 Å². The van der Waals surface area contributed by atoms with Gasteiger partial charge in [0.1, 0.15) is 18.0 Å². The van der Waals surface area contributed by atoms with Crippen LogP contribution in [-0.2, 0) is 11.2 Å². The molecule has 0 unspecified atom stereocenters. The van der Waals surface area contributed by atoms with Crippen molar-refractivity contribution < 1.29 is 14.6 Å². The molecule has 2 aromatic carbocycles. The number of hydrogen-bond donors (Lipinski definition) is 2. The topological polar surface area (TPSA) is 61.8 Å². The molecule has 0 spiro atoms. The summed E-state index contributed by atoms with van der Waals surface area (Å²) in [6.07, 6.45) is 3.51. The Hall–Kier alpha value is -2.37. The Labute approximate surface area is 172 Å². The number of rotatable bonds is 6. The molecule has 154 valence electrons. The third kappa shape index (κ3) is 4.98. The van der Waals surface area contributed by atoms with Crippen molar-refractivity contribution in [1.82, 2.24) is 10.2 Å². The number of carbonyl (C=O) groups is 1. The number of benzene rings is 2. The summed E-state index contributed by atoms with van der Waals surface area (Å²) in [5.74, 6) is 0.751. The minimum Gasteiger partial charge on any atom is -0.488 e. The van der Waals surface area contributed by atoms with E-state index in [2.05, 4.69) is 10.2 Å². The van der Waals surface area contributed by atoms with Crippen LogP contribution in [0, 0.1) is 0 Å². The Morgan fingerprint density at radius 3 is 2.34 bits per heavy atom. The number of nitrogens with one attached hydrogen (secondary N) is 1. The molecule has 4 atom stereocenters. The molecule has 5 heteroatoms. The fourth-order valence-corrected chi connectivity index (χ4v) is 4.65. The monoisotopic (exact) mass is 394 g/mol. The highest BCUT2D eigenvalue weighted by molar-refractivity contribution is 5.79. The van der Waals surface area contributed by atoms with Crippen molar-refractivity contribution in [3.05, 3.63) is 66.2 Å². The fraction of sp³-hybridized carbons (Fsp3) is 0.458. The molecule has 1 heterocycles. The number of likely N-dealkylation sites (tertiary alicyclic amines) is 1. The smallest absolute Gasteiger partial charge is 0.224 e. The number of carbonyl (C=O) groups excluding carboxylic acids is 1. The normalized spacial score (nSPS) is 27.5. The average Bonchev–Trinajstić information content (AvgIpc) is 3.04. The number of aliphatic hydroxyl groups excluding tert-OH is 1. The lowest BCUT2D eigenvalue weighted by Gasteiger charge is -2.37. The molecule has 2 aromatic rings. The second kappa shape index (κ2) is 9.42. The number of nitrogens with zero attached hydrogens (tertiary/aromatic N) is 1. The molecule has 2 fully saturated rings. The third-order valence-electron chi connectivity index (χ3n) is 6.03. The van der Waals surface area contributed by atoms with Crippen LogP contribution in [0.3, 0.4) is 0 Å². The van der Waals surface area contributed by atoms with E-state index in [9.17, 15) is 9.90 Å². The molecule has 4 rings (SSSR count). The van der Waals surface area contributed by atoms with Gasteiger partial charge in [0, 0.05) is 6.42 Å². The van der Waals surface area contributed by atoms with E-state index in [1.165, 1.54) is 6.42 Å². The van der Waals surface area contributed by atoms with Crippen LogP contribution in [0.1, 0.15) is 31.2 Å². The molecule has 2 aliphatic rings. The molecule has 2 N–H and O–H groups in total. The summed E-state index contributed by atoms with van der Waals surface area (Å²) in [7, 11) is 0. The van der Waals surface area contributed by atoms with Gasteiger partial charge in [-0.05, 0) is 43.6 Å². The second-order valence-corrected chi connectivity index (χ2v) is 8.12. The number of hydrogen-bond acceptors (Lipinski definition) is 4. The highest BCUT2D eigenvalue weighted by Gasteiger charge is 2.47. The number of ether oxygens (including phenoxy) is 1. The van der Waals surface area contributed by atoms with Crippen LogP contribution in [0.15, 0.2) is 60.7 Å². The largest absolute Gasteiger partial charge is 0.488 e. The summed E-state index contributed by atoms with van der Waals surface area (Å²) in [6.45, 7) is 1.93. The lowest BCUT2D eigenvalue weighted by molar-refractivity contribution is -0.121. The van der Waals surface area contributed by atoms with Crippen LogP contribution in [-0.4, -0.2) is 53.3 Å². The van der Waals surface area contributed by atoms with Gasteiger partial charge in [-0.15, -0.1) is 0 Å². The van der Waals surface area contributed by atoms with Crippen molar-refractivity contribution in [1.29, 1.82) is 0 Å². The van der Waals surface area contributed by atoms with Gasteiger partial charge >= 0.3 is 0 Å². The molecular formula is C24H30N2O3. The minimum atomic E-state index is -0.629. The van der Waals surface area contributed by atoms with Gasteiger partial charge in [0.2, 0.25) is 5.91 Å². The summed E-state index contributed by atoms with van der Waals surface area (Å²) in [5.41, 5.74) is 0.996. The van der Waals surface area contributed by atoms with Gasteiger partial charge in [0.15, 0.2) is 0 Å². The van der Waals surface area contributed by atoms with Gasteiger partial charge in [-0.1, -0.05) is 55.0 Å². The Morgan fingerprint density at radius 1 is 1.00 bits per heavy atom. The van der Waals surface area contributed by atoms with Gasteiger partial charge in [-0.3, -0.25) is 9.69 Å².